The Kier molecular flexibility index (Phi) is 1.80. The first-order valence-electron chi connectivity index (χ1n) is 3.84. The van der Waals surface area contributed by atoms with Crippen molar-refractivity contribution in [2.24, 2.45) is 0 Å². The molecule has 1 aromatic heterocycles. The Bertz CT molecular complexity index is 324. The van der Waals surface area contributed by atoms with Crippen molar-refractivity contribution in [2.45, 2.75) is 19.6 Å². The summed E-state index contributed by atoms with van der Waals surface area (Å²) in [5.41, 5.74) is 2.05. The van der Waals surface area contributed by atoms with Gasteiger partial charge in [-0.05, 0) is 0 Å². The van der Waals surface area contributed by atoms with E-state index in [9.17, 15) is 0 Å². The van der Waals surface area contributed by atoms with Crippen LogP contribution in [0.15, 0.2) is 0 Å². The summed E-state index contributed by atoms with van der Waals surface area (Å²) in [5.74, 6) is 2.54. The van der Waals surface area contributed by atoms with Gasteiger partial charge >= 0.3 is 0 Å². The molecule has 0 saturated carbocycles. The minimum absolute atomic E-state index is 0.502. The van der Waals surface area contributed by atoms with Gasteiger partial charge in [0, 0.05) is 6.42 Å². The molecular weight excluding hydrogens is 154 g/mol. The maximum absolute atomic E-state index is 5.22. The maximum atomic E-state index is 5.22. The predicted molar refractivity (Wildman–Crippen MR) is 42.2 cm³/mol. The maximum Gasteiger partial charge on any atom is 0.112 e. The van der Waals surface area contributed by atoms with E-state index in [4.69, 9.17) is 11.2 Å². The number of terminal acetylenes is 1. The lowest BCUT2D eigenvalue weighted by atomic mass is 10.2. The third kappa shape index (κ3) is 1.08. The van der Waals surface area contributed by atoms with Crippen LogP contribution < -0.4 is 0 Å². The molecule has 0 spiro atoms. The standard InChI is InChI=1S/C8H9N3O/c1-2-4-11-8-3-5-12-6-7(8)9-10-11/h1H,3-6H2. The zero-order valence-corrected chi connectivity index (χ0v) is 6.66. The monoisotopic (exact) mass is 163 g/mol. The molecule has 1 aromatic rings. The SMILES string of the molecule is C#CCn1nnc2c1CCOC2. The van der Waals surface area contributed by atoms with Gasteiger partial charge in [-0.3, -0.25) is 0 Å². The minimum atomic E-state index is 0.502. The van der Waals surface area contributed by atoms with Crippen LogP contribution in [0, 0.1) is 12.3 Å². The molecule has 0 atom stereocenters. The van der Waals surface area contributed by atoms with Gasteiger partial charge in [-0.1, -0.05) is 11.1 Å². The second-order valence-electron chi connectivity index (χ2n) is 2.65. The Morgan fingerprint density at radius 2 is 2.58 bits per heavy atom. The number of hydrogen-bond acceptors (Lipinski definition) is 3. The fourth-order valence-electron chi connectivity index (χ4n) is 1.31. The van der Waals surface area contributed by atoms with Crippen molar-refractivity contribution in [3.05, 3.63) is 11.4 Å². The Hall–Kier alpha value is -1.34. The van der Waals surface area contributed by atoms with Gasteiger partial charge in [0.15, 0.2) is 0 Å². The zero-order chi connectivity index (χ0) is 8.39. The molecule has 0 unspecified atom stereocenters. The topological polar surface area (TPSA) is 39.9 Å². The summed E-state index contributed by atoms with van der Waals surface area (Å²) in [6.07, 6.45) is 6.05. The van der Waals surface area contributed by atoms with Gasteiger partial charge in [-0.25, -0.2) is 4.68 Å². The van der Waals surface area contributed by atoms with Crippen molar-refractivity contribution in [3.8, 4) is 12.3 Å². The molecule has 0 radical (unpaired) electrons. The van der Waals surface area contributed by atoms with Crippen molar-refractivity contribution < 1.29 is 4.74 Å². The van der Waals surface area contributed by atoms with Crippen molar-refractivity contribution in [3.63, 3.8) is 0 Å². The highest BCUT2D eigenvalue weighted by Gasteiger charge is 2.15. The van der Waals surface area contributed by atoms with Crippen LogP contribution in [0.4, 0.5) is 0 Å². The Balaban J connectivity index is 2.33. The molecule has 0 bridgehead atoms. The second-order valence-corrected chi connectivity index (χ2v) is 2.65. The molecule has 2 heterocycles. The number of rotatable bonds is 1. The van der Waals surface area contributed by atoms with Crippen molar-refractivity contribution >= 4 is 0 Å². The van der Waals surface area contributed by atoms with E-state index in [1.807, 2.05) is 0 Å². The van der Waals surface area contributed by atoms with Crippen LogP contribution in [-0.2, 0) is 24.3 Å². The minimum Gasteiger partial charge on any atom is -0.375 e. The highest BCUT2D eigenvalue weighted by molar-refractivity contribution is 5.12. The first-order chi connectivity index (χ1) is 5.92. The molecule has 12 heavy (non-hydrogen) atoms. The molecule has 4 nitrogen and oxygen atoms in total. The summed E-state index contributed by atoms with van der Waals surface area (Å²) < 4.78 is 6.98. The molecule has 0 N–H and O–H groups in total. The Labute approximate surface area is 70.5 Å². The first-order valence-corrected chi connectivity index (χ1v) is 3.84. The van der Waals surface area contributed by atoms with Crippen molar-refractivity contribution in [1.29, 1.82) is 0 Å². The van der Waals surface area contributed by atoms with Crippen LogP contribution >= 0.6 is 0 Å². The summed E-state index contributed by atoms with van der Waals surface area (Å²) in [7, 11) is 0. The second kappa shape index (κ2) is 2.95. The molecular formula is C8H9N3O. The molecule has 0 amide bonds. The van der Waals surface area contributed by atoms with Gasteiger partial charge in [-0.2, -0.15) is 0 Å². The third-order valence-corrected chi connectivity index (χ3v) is 1.88. The predicted octanol–water partition coefficient (Wildman–Crippen LogP) is -0.0160. The molecule has 0 aromatic carbocycles. The molecule has 4 heteroatoms. The Morgan fingerprint density at radius 1 is 1.67 bits per heavy atom. The lowest BCUT2D eigenvalue weighted by Crippen LogP contribution is -2.13. The molecule has 1 aliphatic rings. The highest BCUT2D eigenvalue weighted by atomic mass is 16.5. The zero-order valence-electron chi connectivity index (χ0n) is 6.66. The van der Waals surface area contributed by atoms with E-state index in [1.165, 1.54) is 0 Å². The lowest BCUT2D eigenvalue weighted by Gasteiger charge is -2.11. The number of fused-ring (bicyclic) bond motifs is 1. The van der Waals surface area contributed by atoms with Crippen molar-refractivity contribution in [2.75, 3.05) is 6.61 Å². The van der Waals surface area contributed by atoms with E-state index < -0.39 is 0 Å². The van der Waals surface area contributed by atoms with Gasteiger partial charge in [0.05, 0.1) is 18.9 Å². The summed E-state index contributed by atoms with van der Waals surface area (Å²) in [5, 5.41) is 7.90. The highest BCUT2D eigenvalue weighted by Crippen LogP contribution is 2.12. The van der Waals surface area contributed by atoms with Gasteiger partial charge in [0.1, 0.15) is 12.2 Å². The average Bonchev–Trinajstić information content (AvgIpc) is 2.50. The van der Waals surface area contributed by atoms with E-state index in [1.54, 1.807) is 4.68 Å². The van der Waals surface area contributed by atoms with Crippen LogP contribution in [0.3, 0.4) is 0 Å². The first kappa shape index (κ1) is 7.32. The third-order valence-electron chi connectivity index (χ3n) is 1.88. The normalized spacial score (nSPS) is 15.2. The van der Waals surface area contributed by atoms with Gasteiger partial charge in [-0.15, -0.1) is 11.5 Å². The molecule has 0 saturated heterocycles. The van der Waals surface area contributed by atoms with Gasteiger partial charge < -0.3 is 4.74 Å². The molecule has 0 fully saturated rings. The fraction of sp³-hybridized carbons (Fsp3) is 0.500. The van der Waals surface area contributed by atoms with Gasteiger partial charge in [0.25, 0.3) is 0 Å². The van der Waals surface area contributed by atoms with E-state index in [2.05, 4.69) is 16.2 Å². The fourth-order valence-corrected chi connectivity index (χ4v) is 1.31. The van der Waals surface area contributed by atoms with E-state index in [-0.39, 0.29) is 0 Å². The number of hydrogen-bond donors (Lipinski definition) is 0. The average molecular weight is 163 g/mol. The number of nitrogens with zero attached hydrogens (tertiary/aromatic N) is 3. The van der Waals surface area contributed by atoms with Crippen LogP contribution in [0.2, 0.25) is 0 Å². The van der Waals surface area contributed by atoms with E-state index >= 15 is 0 Å². The summed E-state index contributed by atoms with van der Waals surface area (Å²) in [6.45, 7) is 1.81. The lowest BCUT2D eigenvalue weighted by molar-refractivity contribution is 0.106. The van der Waals surface area contributed by atoms with E-state index in [0.29, 0.717) is 13.2 Å². The molecule has 1 aliphatic heterocycles. The smallest absolute Gasteiger partial charge is 0.112 e. The number of ether oxygens (including phenoxy) is 1. The van der Waals surface area contributed by atoms with Crippen LogP contribution in [0.25, 0.3) is 0 Å². The van der Waals surface area contributed by atoms with E-state index in [0.717, 1.165) is 24.4 Å². The summed E-state index contributed by atoms with van der Waals surface area (Å²) >= 11 is 0. The van der Waals surface area contributed by atoms with Crippen LogP contribution in [0.5, 0.6) is 0 Å². The molecule has 2 rings (SSSR count). The van der Waals surface area contributed by atoms with Crippen LogP contribution in [0.1, 0.15) is 11.4 Å². The Morgan fingerprint density at radius 3 is 3.42 bits per heavy atom. The molecule has 62 valence electrons. The number of aromatic nitrogens is 3. The summed E-state index contributed by atoms with van der Waals surface area (Å²) in [4.78, 5) is 0. The molecule has 0 aliphatic carbocycles. The van der Waals surface area contributed by atoms with Crippen molar-refractivity contribution in [1.82, 2.24) is 15.0 Å². The largest absolute Gasteiger partial charge is 0.375 e. The van der Waals surface area contributed by atoms with Gasteiger partial charge in [0.2, 0.25) is 0 Å². The quantitative estimate of drug-likeness (QED) is 0.546. The summed E-state index contributed by atoms with van der Waals surface area (Å²) in [6, 6.07) is 0. The van der Waals surface area contributed by atoms with Crippen LogP contribution in [-0.4, -0.2) is 21.6 Å².